The Kier molecular flexibility index (Phi) is 3.35. The van der Waals surface area contributed by atoms with Crippen LogP contribution in [0.3, 0.4) is 0 Å². The molecule has 1 aromatic rings. The third-order valence-corrected chi connectivity index (χ3v) is 1.59. The number of benzene rings is 1. The van der Waals surface area contributed by atoms with E-state index in [1.54, 1.807) is 12.1 Å². The predicted octanol–water partition coefficient (Wildman–Crippen LogP) is 1.67. The van der Waals surface area contributed by atoms with Gasteiger partial charge in [-0.1, -0.05) is 12.1 Å². The van der Waals surface area contributed by atoms with Gasteiger partial charge >= 0.3 is 6.09 Å². The number of ether oxygens (including phenoxy) is 1. The summed E-state index contributed by atoms with van der Waals surface area (Å²) >= 11 is 0. The number of para-hydroxylation sites is 1. The predicted molar refractivity (Wildman–Crippen MR) is 50.7 cm³/mol. The SMILES string of the molecule is CN(N=O)C(=O)Oc1ccccc1C#N. The number of hydrogen-bond donors (Lipinski definition) is 0. The fraction of sp³-hybridized carbons (Fsp3) is 0.111. The van der Waals surface area contributed by atoms with Gasteiger partial charge < -0.3 is 4.74 Å². The molecule has 0 aliphatic carbocycles. The van der Waals surface area contributed by atoms with E-state index in [4.69, 9.17) is 10.00 Å². The number of nitriles is 1. The molecule has 0 saturated carbocycles. The summed E-state index contributed by atoms with van der Waals surface area (Å²) in [5, 5.41) is 11.5. The van der Waals surface area contributed by atoms with Crippen molar-refractivity contribution in [3.63, 3.8) is 0 Å². The lowest BCUT2D eigenvalue weighted by Gasteiger charge is -2.08. The summed E-state index contributed by atoms with van der Waals surface area (Å²) in [6.07, 6.45) is -0.937. The quantitative estimate of drug-likeness (QED) is 0.543. The molecule has 6 nitrogen and oxygen atoms in total. The summed E-state index contributed by atoms with van der Waals surface area (Å²) in [6.45, 7) is 0. The Labute approximate surface area is 85.6 Å². The van der Waals surface area contributed by atoms with Gasteiger partial charge in [0, 0.05) is 7.05 Å². The zero-order chi connectivity index (χ0) is 11.3. The van der Waals surface area contributed by atoms with Gasteiger partial charge in [-0.2, -0.15) is 10.3 Å². The smallest absolute Gasteiger partial charge is 0.407 e. The van der Waals surface area contributed by atoms with Crippen molar-refractivity contribution < 1.29 is 9.53 Å². The molecule has 0 fully saturated rings. The molecule has 0 N–H and O–H groups in total. The topological polar surface area (TPSA) is 82.8 Å². The molecule has 6 heteroatoms. The van der Waals surface area contributed by atoms with Gasteiger partial charge in [-0.25, -0.2) is 4.79 Å². The second-order valence-corrected chi connectivity index (χ2v) is 2.58. The van der Waals surface area contributed by atoms with Crippen molar-refractivity contribution >= 4 is 6.09 Å². The molecule has 0 radical (unpaired) electrons. The van der Waals surface area contributed by atoms with Crippen LogP contribution in [-0.4, -0.2) is 18.1 Å². The van der Waals surface area contributed by atoms with Crippen molar-refractivity contribution in [3.8, 4) is 11.8 Å². The van der Waals surface area contributed by atoms with Crippen LogP contribution in [0.5, 0.6) is 5.75 Å². The molecule has 76 valence electrons. The third kappa shape index (κ3) is 2.51. The maximum atomic E-state index is 11.1. The maximum absolute atomic E-state index is 11.1. The highest BCUT2D eigenvalue weighted by atomic mass is 16.6. The molecule has 0 atom stereocenters. The number of hydrogen-bond acceptors (Lipinski definition) is 5. The van der Waals surface area contributed by atoms with Gasteiger partial charge in [0.15, 0.2) is 5.75 Å². The summed E-state index contributed by atoms with van der Waals surface area (Å²) in [6, 6.07) is 8.05. The molecule has 0 unspecified atom stereocenters. The van der Waals surface area contributed by atoms with E-state index in [-0.39, 0.29) is 11.3 Å². The number of nitrogens with zero attached hydrogens (tertiary/aromatic N) is 3. The Bertz CT molecular complexity index is 425. The van der Waals surface area contributed by atoms with E-state index >= 15 is 0 Å². The van der Waals surface area contributed by atoms with Crippen LogP contribution in [0.4, 0.5) is 4.79 Å². The lowest BCUT2D eigenvalue weighted by molar-refractivity contribution is 0.164. The Hall–Kier alpha value is -2.42. The van der Waals surface area contributed by atoms with Crippen LogP contribution < -0.4 is 4.74 Å². The van der Waals surface area contributed by atoms with E-state index in [1.165, 1.54) is 12.1 Å². The molecule has 0 bridgehead atoms. The van der Waals surface area contributed by atoms with Crippen LogP contribution in [-0.2, 0) is 0 Å². The molecular formula is C9H7N3O3. The average molecular weight is 205 g/mol. The Morgan fingerprint density at radius 2 is 2.20 bits per heavy atom. The fourth-order valence-electron chi connectivity index (χ4n) is 0.841. The van der Waals surface area contributed by atoms with E-state index in [9.17, 15) is 9.70 Å². The minimum atomic E-state index is -0.937. The van der Waals surface area contributed by atoms with Gasteiger partial charge in [0.25, 0.3) is 0 Å². The first kappa shape index (κ1) is 10.7. The molecule has 1 amide bonds. The normalized spacial score (nSPS) is 8.80. The van der Waals surface area contributed by atoms with Crippen molar-refractivity contribution in [2.24, 2.45) is 5.29 Å². The summed E-state index contributed by atoms with van der Waals surface area (Å²) < 4.78 is 4.76. The first-order valence-corrected chi connectivity index (χ1v) is 3.97. The van der Waals surface area contributed by atoms with Crippen molar-refractivity contribution in [1.29, 1.82) is 5.26 Å². The average Bonchev–Trinajstić information content (AvgIpc) is 2.28. The highest BCUT2D eigenvalue weighted by Gasteiger charge is 2.13. The van der Waals surface area contributed by atoms with E-state index < -0.39 is 6.09 Å². The molecule has 1 rings (SSSR count). The Balaban J connectivity index is 2.86. The van der Waals surface area contributed by atoms with Crippen LogP contribution >= 0.6 is 0 Å². The summed E-state index contributed by atoms with van der Waals surface area (Å²) in [5.41, 5.74) is 0.213. The number of rotatable bonds is 2. The van der Waals surface area contributed by atoms with Crippen LogP contribution in [0.2, 0.25) is 0 Å². The molecule has 0 spiro atoms. The van der Waals surface area contributed by atoms with Gasteiger partial charge in [0.05, 0.1) is 10.8 Å². The molecule has 0 aromatic heterocycles. The van der Waals surface area contributed by atoms with Crippen molar-refractivity contribution in [2.75, 3.05) is 7.05 Å². The van der Waals surface area contributed by atoms with Crippen molar-refractivity contribution in [2.45, 2.75) is 0 Å². The lowest BCUT2D eigenvalue weighted by atomic mass is 10.2. The number of carbonyl (C=O) groups is 1. The summed E-state index contributed by atoms with van der Waals surface area (Å²) in [4.78, 5) is 21.1. The first-order valence-electron chi connectivity index (χ1n) is 3.97. The zero-order valence-electron chi connectivity index (χ0n) is 7.88. The Morgan fingerprint density at radius 1 is 1.53 bits per heavy atom. The van der Waals surface area contributed by atoms with E-state index in [1.807, 2.05) is 6.07 Å². The summed E-state index contributed by atoms with van der Waals surface area (Å²) in [5.74, 6) is 0.0977. The molecular weight excluding hydrogens is 198 g/mol. The lowest BCUT2D eigenvalue weighted by Crippen LogP contribution is -2.24. The molecule has 1 aromatic carbocycles. The monoisotopic (exact) mass is 205 g/mol. The zero-order valence-corrected chi connectivity index (χ0v) is 7.88. The molecule has 0 saturated heterocycles. The van der Waals surface area contributed by atoms with Crippen LogP contribution in [0.15, 0.2) is 29.6 Å². The van der Waals surface area contributed by atoms with Gasteiger partial charge in [-0.3, -0.25) is 0 Å². The second kappa shape index (κ2) is 4.72. The van der Waals surface area contributed by atoms with Gasteiger partial charge in [0.1, 0.15) is 6.07 Å². The van der Waals surface area contributed by atoms with E-state index in [0.717, 1.165) is 7.05 Å². The number of nitroso groups, excluding NO2 is 1. The fourth-order valence-corrected chi connectivity index (χ4v) is 0.841. The molecule has 0 heterocycles. The Morgan fingerprint density at radius 3 is 2.80 bits per heavy atom. The number of amides is 1. The number of carbonyl (C=O) groups excluding carboxylic acids is 1. The standard InChI is InChI=1S/C9H7N3O3/c1-12(11-14)9(13)15-8-5-3-2-4-7(8)6-10/h2-5H,1H3. The van der Waals surface area contributed by atoms with Crippen LogP contribution in [0.1, 0.15) is 5.56 Å². The van der Waals surface area contributed by atoms with Gasteiger partial charge in [0.2, 0.25) is 0 Å². The van der Waals surface area contributed by atoms with E-state index in [2.05, 4.69) is 5.29 Å². The maximum Gasteiger partial charge on any atom is 0.438 e. The largest absolute Gasteiger partial charge is 0.438 e. The summed E-state index contributed by atoms with van der Waals surface area (Å²) in [7, 11) is 1.16. The van der Waals surface area contributed by atoms with E-state index in [0.29, 0.717) is 5.01 Å². The van der Waals surface area contributed by atoms with Crippen LogP contribution in [0, 0.1) is 16.2 Å². The highest BCUT2D eigenvalue weighted by molar-refractivity contribution is 5.70. The van der Waals surface area contributed by atoms with Crippen LogP contribution in [0.25, 0.3) is 0 Å². The highest BCUT2D eigenvalue weighted by Crippen LogP contribution is 2.17. The van der Waals surface area contributed by atoms with Crippen molar-refractivity contribution in [3.05, 3.63) is 34.7 Å². The van der Waals surface area contributed by atoms with Gasteiger partial charge in [-0.05, 0) is 12.1 Å². The second-order valence-electron chi connectivity index (χ2n) is 2.58. The molecule has 0 aliphatic heterocycles. The molecule has 15 heavy (non-hydrogen) atoms. The minimum Gasteiger partial charge on any atom is -0.407 e. The molecule has 0 aliphatic rings. The third-order valence-electron chi connectivity index (χ3n) is 1.59. The van der Waals surface area contributed by atoms with Gasteiger partial charge in [-0.15, -0.1) is 4.91 Å². The first-order chi connectivity index (χ1) is 7.19. The minimum absolute atomic E-state index is 0.0977. The van der Waals surface area contributed by atoms with Crippen molar-refractivity contribution in [1.82, 2.24) is 5.01 Å².